The van der Waals surface area contributed by atoms with Crippen LogP contribution in [0.25, 0.3) is 0 Å². The van der Waals surface area contributed by atoms with Crippen LogP contribution in [0.3, 0.4) is 0 Å². The number of rotatable bonds is 5. The topological polar surface area (TPSA) is 67.6 Å². The molecule has 1 saturated heterocycles. The molecule has 6 nitrogen and oxygen atoms in total. The zero-order chi connectivity index (χ0) is 13.0. The summed E-state index contributed by atoms with van der Waals surface area (Å²) in [7, 11) is 2.00. The van der Waals surface area contributed by atoms with Gasteiger partial charge in [0.2, 0.25) is 0 Å². The maximum absolute atomic E-state index is 10.6. The molecule has 2 rings (SSSR count). The van der Waals surface area contributed by atoms with E-state index in [2.05, 4.69) is 10.2 Å². The van der Waals surface area contributed by atoms with Gasteiger partial charge in [-0.05, 0) is 12.6 Å². The van der Waals surface area contributed by atoms with E-state index in [0.29, 0.717) is 6.54 Å². The summed E-state index contributed by atoms with van der Waals surface area (Å²) in [6.07, 6.45) is 0.206. The molecule has 1 N–H and O–H groups in total. The van der Waals surface area contributed by atoms with Gasteiger partial charge in [0, 0.05) is 37.6 Å². The van der Waals surface area contributed by atoms with Crippen molar-refractivity contribution in [3.63, 3.8) is 0 Å². The van der Waals surface area contributed by atoms with Crippen LogP contribution in [0.5, 0.6) is 0 Å². The van der Waals surface area contributed by atoms with Gasteiger partial charge in [-0.25, -0.2) is 0 Å². The molecule has 1 aromatic rings. The van der Waals surface area contributed by atoms with Crippen molar-refractivity contribution in [2.75, 3.05) is 33.3 Å². The van der Waals surface area contributed by atoms with Crippen molar-refractivity contribution in [1.29, 1.82) is 0 Å². The number of nitrogens with one attached hydrogen (secondary N) is 1. The molecule has 0 aliphatic carbocycles. The summed E-state index contributed by atoms with van der Waals surface area (Å²) in [5.74, 6) is 0. The molecule has 1 unspecified atom stereocenters. The average Bonchev–Trinajstić information content (AvgIpc) is 2.78. The van der Waals surface area contributed by atoms with Crippen LogP contribution < -0.4 is 5.32 Å². The number of morpholine rings is 1. The normalized spacial score (nSPS) is 20.2. The second-order valence-corrected chi connectivity index (χ2v) is 5.33. The van der Waals surface area contributed by atoms with Gasteiger partial charge in [0.25, 0.3) is 0 Å². The maximum atomic E-state index is 10.6. The standard InChI is InChI=1S/C11H17N3O3S/c1-13(7-10-5-12-2-3-17-10)6-9-4-11(14(15)16)18-8-9/h4,8,10,12H,2-3,5-7H2,1H3. The molecule has 0 spiro atoms. The van der Waals surface area contributed by atoms with Gasteiger partial charge in [-0.15, -0.1) is 0 Å². The number of ether oxygens (including phenoxy) is 1. The van der Waals surface area contributed by atoms with Crippen LogP contribution in [0.2, 0.25) is 0 Å². The summed E-state index contributed by atoms with van der Waals surface area (Å²) >= 11 is 1.18. The van der Waals surface area contributed by atoms with Crippen molar-refractivity contribution in [2.24, 2.45) is 0 Å². The maximum Gasteiger partial charge on any atom is 0.324 e. The molecule has 0 aromatic carbocycles. The van der Waals surface area contributed by atoms with Crippen LogP contribution in [0.1, 0.15) is 5.56 Å². The summed E-state index contributed by atoms with van der Waals surface area (Å²) in [5, 5.41) is 15.9. The highest BCUT2D eigenvalue weighted by Gasteiger charge is 2.16. The Balaban J connectivity index is 1.82. The van der Waals surface area contributed by atoms with Crippen LogP contribution in [-0.2, 0) is 11.3 Å². The van der Waals surface area contributed by atoms with E-state index in [-0.39, 0.29) is 16.0 Å². The second kappa shape index (κ2) is 6.24. The van der Waals surface area contributed by atoms with Crippen LogP contribution in [0.4, 0.5) is 5.00 Å². The second-order valence-electron chi connectivity index (χ2n) is 4.44. The Bertz CT molecular complexity index is 404. The summed E-state index contributed by atoms with van der Waals surface area (Å²) in [6, 6.07) is 1.64. The molecule has 0 amide bonds. The Kier molecular flexibility index (Phi) is 4.65. The van der Waals surface area contributed by atoms with Gasteiger partial charge in [-0.3, -0.25) is 15.0 Å². The van der Waals surface area contributed by atoms with E-state index in [0.717, 1.165) is 31.8 Å². The molecule has 7 heteroatoms. The lowest BCUT2D eigenvalue weighted by Crippen LogP contribution is -2.44. The van der Waals surface area contributed by atoms with Crippen molar-refractivity contribution in [3.05, 3.63) is 27.1 Å². The molecule has 100 valence electrons. The van der Waals surface area contributed by atoms with E-state index in [1.165, 1.54) is 11.3 Å². The van der Waals surface area contributed by atoms with E-state index < -0.39 is 0 Å². The largest absolute Gasteiger partial charge is 0.374 e. The number of hydrogen-bond acceptors (Lipinski definition) is 6. The number of thiophene rings is 1. The fourth-order valence-corrected chi connectivity index (χ4v) is 2.72. The molecule has 2 heterocycles. The molecular weight excluding hydrogens is 254 g/mol. The molecular formula is C11H17N3O3S. The summed E-state index contributed by atoms with van der Waals surface area (Å²) in [5.41, 5.74) is 0.984. The third-order valence-corrected chi connectivity index (χ3v) is 3.72. The highest BCUT2D eigenvalue weighted by atomic mass is 32.1. The van der Waals surface area contributed by atoms with Crippen LogP contribution in [0.15, 0.2) is 11.4 Å². The molecule has 1 aliphatic heterocycles. The van der Waals surface area contributed by atoms with Gasteiger partial charge in [-0.2, -0.15) is 0 Å². The SMILES string of the molecule is CN(Cc1csc([N+](=O)[O-])c1)CC1CNCCO1. The zero-order valence-electron chi connectivity index (χ0n) is 10.3. The third kappa shape index (κ3) is 3.74. The number of hydrogen-bond donors (Lipinski definition) is 1. The Morgan fingerprint density at radius 1 is 1.72 bits per heavy atom. The van der Waals surface area contributed by atoms with E-state index in [1.54, 1.807) is 6.07 Å². The molecule has 1 aromatic heterocycles. The van der Waals surface area contributed by atoms with E-state index in [1.807, 2.05) is 12.4 Å². The van der Waals surface area contributed by atoms with Gasteiger partial charge in [0.1, 0.15) is 0 Å². The lowest BCUT2D eigenvalue weighted by atomic mass is 10.2. The molecule has 18 heavy (non-hydrogen) atoms. The first-order valence-electron chi connectivity index (χ1n) is 5.88. The zero-order valence-corrected chi connectivity index (χ0v) is 11.1. The highest BCUT2D eigenvalue weighted by Crippen LogP contribution is 2.23. The summed E-state index contributed by atoms with van der Waals surface area (Å²) in [6.45, 7) is 4.08. The van der Waals surface area contributed by atoms with Gasteiger partial charge >= 0.3 is 5.00 Å². The Hall–Kier alpha value is -1.02. The van der Waals surface area contributed by atoms with Gasteiger partial charge < -0.3 is 10.1 Å². The van der Waals surface area contributed by atoms with Crippen molar-refractivity contribution in [2.45, 2.75) is 12.6 Å². The average molecular weight is 271 g/mol. The number of likely N-dealkylation sites (N-methyl/N-ethyl adjacent to an activating group) is 1. The van der Waals surface area contributed by atoms with Crippen molar-refractivity contribution in [3.8, 4) is 0 Å². The lowest BCUT2D eigenvalue weighted by molar-refractivity contribution is -0.380. The van der Waals surface area contributed by atoms with Crippen molar-refractivity contribution in [1.82, 2.24) is 10.2 Å². The fourth-order valence-electron chi connectivity index (χ4n) is 2.00. The molecule has 0 saturated carbocycles. The molecule has 0 radical (unpaired) electrons. The smallest absolute Gasteiger partial charge is 0.324 e. The van der Waals surface area contributed by atoms with E-state index >= 15 is 0 Å². The van der Waals surface area contributed by atoms with Crippen LogP contribution in [-0.4, -0.2) is 49.2 Å². The van der Waals surface area contributed by atoms with Gasteiger partial charge in [-0.1, -0.05) is 11.3 Å². The minimum Gasteiger partial charge on any atom is -0.374 e. The van der Waals surface area contributed by atoms with E-state index in [4.69, 9.17) is 4.74 Å². The lowest BCUT2D eigenvalue weighted by Gasteiger charge is -2.27. The van der Waals surface area contributed by atoms with Gasteiger partial charge in [0.15, 0.2) is 0 Å². The first kappa shape index (κ1) is 13.4. The minimum atomic E-state index is -0.345. The first-order chi connectivity index (χ1) is 8.65. The minimum absolute atomic E-state index is 0.203. The summed E-state index contributed by atoms with van der Waals surface area (Å²) in [4.78, 5) is 12.4. The molecule has 1 fully saturated rings. The Labute approximate surface area is 110 Å². The van der Waals surface area contributed by atoms with Gasteiger partial charge in [0.05, 0.1) is 17.6 Å². The van der Waals surface area contributed by atoms with Crippen LogP contribution in [0, 0.1) is 10.1 Å². The Morgan fingerprint density at radius 3 is 3.17 bits per heavy atom. The molecule has 1 aliphatic rings. The van der Waals surface area contributed by atoms with Crippen molar-refractivity contribution < 1.29 is 9.66 Å². The molecule has 1 atom stereocenters. The first-order valence-corrected chi connectivity index (χ1v) is 6.76. The number of nitro groups is 1. The fraction of sp³-hybridized carbons (Fsp3) is 0.636. The van der Waals surface area contributed by atoms with Crippen LogP contribution >= 0.6 is 11.3 Å². The number of nitrogens with zero attached hydrogens (tertiary/aromatic N) is 2. The molecule has 0 bridgehead atoms. The highest BCUT2D eigenvalue weighted by molar-refractivity contribution is 7.13. The quantitative estimate of drug-likeness (QED) is 0.641. The third-order valence-electron chi connectivity index (χ3n) is 2.79. The Morgan fingerprint density at radius 2 is 2.56 bits per heavy atom. The van der Waals surface area contributed by atoms with E-state index in [9.17, 15) is 10.1 Å². The summed E-state index contributed by atoms with van der Waals surface area (Å²) < 4.78 is 5.62. The predicted octanol–water partition coefficient (Wildman–Crippen LogP) is 1.08. The predicted molar refractivity (Wildman–Crippen MR) is 69.9 cm³/mol. The van der Waals surface area contributed by atoms with Crippen molar-refractivity contribution >= 4 is 16.3 Å². The monoisotopic (exact) mass is 271 g/mol.